The minimum Gasteiger partial charge on any atom is -0.475 e. The summed E-state index contributed by atoms with van der Waals surface area (Å²) in [5.74, 6) is -1.29. The molecule has 2 N–H and O–H groups in total. The van der Waals surface area contributed by atoms with Crippen molar-refractivity contribution in [1.29, 1.82) is 0 Å². The van der Waals surface area contributed by atoms with Crippen LogP contribution in [0.25, 0.3) is 11.0 Å². The maximum atomic E-state index is 11.8. The Morgan fingerprint density at radius 2 is 1.95 bits per heavy atom. The first kappa shape index (κ1) is 14.1. The van der Waals surface area contributed by atoms with Crippen molar-refractivity contribution in [3.63, 3.8) is 0 Å². The molecule has 0 aliphatic carbocycles. The van der Waals surface area contributed by atoms with Crippen molar-refractivity contribution in [2.24, 2.45) is 5.41 Å². The maximum absolute atomic E-state index is 11.8. The molecule has 106 valence electrons. The van der Waals surface area contributed by atoms with Gasteiger partial charge in [0.15, 0.2) is 0 Å². The van der Waals surface area contributed by atoms with Crippen LogP contribution in [0.15, 0.2) is 28.7 Å². The Balaban J connectivity index is 2.19. The van der Waals surface area contributed by atoms with Crippen molar-refractivity contribution in [1.82, 2.24) is 0 Å². The van der Waals surface area contributed by atoms with E-state index in [4.69, 9.17) is 9.52 Å². The summed E-state index contributed by atoms with van der Waals surface area (Å²) in [5.41, 5.74) is 1.03. The van der Waals surface area contributed by atoms with Crippen LogP contribution in [0.1, 0.15) is 37.7 Å². The Morgan fingerprint density at radius 1 is 1.25 bits per heavy atom. The van der Waals surface area contributed by atoms with E-state index in [0.717, 1.165) is 0 Å². The highest BCUT2D eigenvalue weighted by molar-refractivity contribution is 5.96. The highest BCUT2D eigenvalue weighted by Crippen LogP contribution is 2.24. The molecule has 0 aliphatic rings. The SMILES string of the molecule is CC(C)(C)CC(=O)Nc1ccc2oc(C(=O)O)cc2c1. The van der Waals surface area contributed by atoms with Crippen molar-refractivity contribution in [3.8, 4) is 0 Å². The van der Waals surface area contributed by atoms with E-state index >= 15 is 0 Å². The molecule has 0 radical (unpaired) electrons. The Hall–Kier alpha value is -2.30. The molecule has 0 bridgehead atoms. The van der Waals surface area contributed by atoms with Gasteiger partial charge in [0.05, 0.1) is 0 Å². The monoisotopic (exact) mass is 275 g/mol. The lowest BCUT2D eigenvalue weighted by atomic mass is 9.92. The fraction of sp³-hybridized carbons (Fsp3) is 0.333. The molecule has 0 saturated carbocycles. The van der Waals surface area contributed by atoms with Gasteiger partial charge in [0.25, 0.3) is 0 Å². The first-order chi connectivity index (χ1) is 9.24. The van der Waals surface area contributed by atoms with E-state index in [1.807, 2.05) is 20.8 Å². The molecule has 1 aromatic heterocycles. The zero-order chi connectivity index (χ0) is 14.9. The van der Waals surface area contributed by atoms with Gasteiger partial charge in [-0.15, -0.1) is 0 Å². The molecule has 1 heterocycles. The van der Waals surface area contributed by atoms with E-state index in [0.29, 0.717) is 23.1 Å². The average Bonchev–Trinajstić information content (AvgIpc) is 2.69. The molecule has 1 aromatic carbocycles. The molecular weight excluding hydrogens is 258 g/mol. The fourth-order valence-corrected chi connectivity index (χ4v) is 1.91. The number of nitrogens with one attached hydrogen (secondary N) is 1. The molecule has 5 nitrogen and oxygen atoms in total. The number of hydrogen-bond acceptors (Lipinski definition) is 3. The van der Waals surface area contributed by atoms with Crippen molar-refractivity contribution < 1.29 is 19.1 Å². The lowest BCUT2D eigenvalue weighted by molar-refractivity contribution is -0.117. The number of fused-ring (bicyclic) bond motifs is 1. The lowest BCUT2D eigenvalue weighted by Gasteiger charge is -2.17. The third kappa shape index (κ3) is 3.38. The fourth-order valence-electron chi connectivity index (χ4n) is 1.91. The van der Waals surface area contributed by atoms with Gasteiger partial charge in [-0.2, -0.15) is 0 Å². The van der Waals surface area contributed by atoms with Gasteiger partial charge in [0, 0.05) is 17.5 Å². The number of carboxylic acids is 1. The second-order valence-corrected chi connectivity index (χ2v) is 5.95. The van der Waals surface area contributed by atoms with Crippen LogP contribution in [-0.2, 0) is 4.79 Å². The molecule has 20 heavy (non-hydrogen) atoms. The minimum absolute atomic E-state index is 0.0706. The van der Waals surface area contributed by atoms with Gasteiger partial charge in [-0.3, -0.25) is 4.79 Å². The van der Waals surface area contributed by atoms with Crippen LogP contribution in [-0.4, -0.2) is 17.0 Å². The number of rotatable bonds is 3. The maximum Gasteiger partial charge on any atom is 0.371 e. The number of hydrogen-bond donors (Lipinski definition) is 2. The van der Waals surface area contributed by atoms with Crippen LogP contribution in [0.3, 0.4) is 0 Å². The number of furan rings is 1. The molecule has 2 aromatic rings. The van der Waals surface area contributed by atoms with Crippen molar-refractivity contribution in [3.05, 3.63) is 30.0 Å². The van der Waals surface area contributed by atoms with Crippen molar-refractivity contribution >= 4 is 28.5 Å². The van der Waals surface area contributed by atoms with Gasteiger partial charge >= 0.3 is 5.97 Å². The van der Waals surface area contributed by atoms with E-state index in [1.54, 1.807) is 18.2 Å². The zero-order valence-corrected chi connectivity index (χ0v) is 11.7. The van der Waals surface area contributed by atoms with E-state index < -0.39 is 5.97 Å². The van der Waals surface area contributed by atoms with Crippen LogP contribution in [0.5, 0.6) is 0 Å². The topological polar surface area (TPSA) is 79.5 Å². The van der Waals surface area contributed by atoms with Crippen LogP contribution < -0.4 is 5.32 Å². The molecule has 2 rings (SSSR count). The summed E-state index contributed by atoms with van der Waals surface area (Å²) < 4.78 is 5.16. The Kier molecular flexibility index (Phi) is 3.53. The van der Waals surface area contributed by atoms with E-state index in [1.165, 1.54) is 6.07 Å². The van der Waals surface area contributed by atoms with Gasteiger partial charge in [-0.1, -0.05) is 20.8 Å². The number of amides is 1. The summed E-state index contributed by atoms with van der Waals surface area (Å²) in [5, 5.41) is 12.3. The average molecular weight is 275 g/mol. The Labute approximate surface area is 116 Å². The number of carbonyl (C=O) groups is 2. The van der Waals surface area contributed by atoms with Crippen LogP contribution in [0, 0.1) is 5.41 Å². The molecule has 0 saturated heterocycles. The highest BCUT2D eigenvalue weighted by Gasteiger charge is 2.16. The molecule has 0 spiro atoms. The standard InChI is InChI=1S/C15H17NO4/c1-15(2,3)8-13(17)16-10-4-5-11-9(6-10)7-12(20-11)14(18)19/h4-7H,8H2,1-3H3,(H,16,17)(H,18,19). The number of benzene rings is 1. The first-order valence-corrected chi connectivity index (χ1v) is 6.31. The normalized spacial score (nSPS) is 11.6. The second-order valence-electron chi connectivity index (χ2n) is 5.95. The quantitative estimate of drug-likeness (QED) is 0.898. The van der Waals surface area contributed by atoms with Gasteiger partial charge < -0.3 is 14.8 Å². The van der Waals surface area contributed by atoms with Crippen LogP contribution in [0.2, 0.25) is 0 Å². The van der Waals surface area contributed by atoms with Crippen molar-refractivity contribution in [2.75, 3.05) is 5.32 Å². The summed E-state index contributed by atoms with van der Waals surface area (Å²) in [6.07, 6.45) is 0.413. The largest absolute Gasteiger partial charge is 0.475 e. The van der Waals surface area contributed by atoms with Gasteiger partial charge in [-0.05, 0) is 29.7 Å². The zero-order valence-electron chi connectivity index (χ0n) is 11.7. The van der Waals surface area contributed by atoms with Crippen LogP contribution in [0.4, 0.5) is 5.69 Å². The molecule has 0 aliphatic heterocycles. The van der Waals surface area contributed by atoms with Gasteiger partial charge in [0.1, 0.15) is 5.58 Å². The van der Waals surface area contributed by atoms with E-state index in [9.17, 15) is 9.59 Å². The second kappa shape index (κ2) is 5.00. The Morgan fingerprint density at radius 3 is 2.55 bits per heavy atom. The molecule has 0 fully saturated rings. The van der Waals surface area contributed by atoms with E-state index in [2.05, 4.69) is 5.32 Å². The summed E-state index contributed by atoms with van der Waals surface area (Å²) in [6, 6.07) is 6.48. The Bertz CT molecular complexity index is 664. The van der Waals surface area contributed by atoms with Gasteiger partial charge in [-0.25, -0.2) is 4.79 Å². The summed E-state index contributed by atoms with van der Waals surface area (Å²) in [7, 11) is 0. The third-order valence-electron chi connectivity index (χ3n) is 2.70. The summed E-state index contributed by atoms with van der Waals surface area (Å²) in [6.45, 7) is 5.97. The number of carboxylic acid groups (broad SMARTS) is 1. The lowest BCUT2D eigenvalue weighted by Crippen LogP contribution is -2.19. The number of aromatic carboxylic acids is 1. The predicted octanol–water partition coefficient (Wildman–Crippen LogP) is 3.51. The molecular formula is C15H17NO4. The number of anilines is 1. The molecule has 0 atom stereocenters. The summed E-state index contributed by atoms with van der Waals surface area (Å²) in [4.78, 5) is 22.7. The third-order valence-corrected chi connectivity index (χ3v) is 2.70. The van der Waals surface area contributed by atoms with Gasteiger partial charge in [0.2, 0.25) is 11.7 Å². The van der Waals surface area contributed by atoms with Crippen LogP contribution >= 0.6 is 0 Å². The molecule has 0 unspecified atom stereocenters. The minimum atomic E-state index is -1.11. The smallest absolute Gasteiger partial charge is 0.371 e. The first-order valence-electron chi connectivity index (χ1n) is 6.31. The predicted molar refractivity (Wildman–Crippen MR) is 75.9 cm³/mol. The van der Waals surface area contributed by atoms with E-state index in [-0.39, 0.29) is 17.1 Å². The van der Waals surface area contributed by atoms with Crippen molar-refractivity contribution in [2.45, 2.75) is 27.2 Å². The highest BCUT2D eigenvalue weighted by atomic mass is 16.4. The molecule has 1 amide bonds. The number of carbonyl (C=O) groups excluding carboxylic acids is 1. The summed E-state index contributed by atoms with van der Waals surface area (Å²) >= 11 is 0. The molecule has 5 heteroatoms.